The number of Topliss-reactive ketones (excluding diaryl/α,β-unsaturated/α-hetero) is 1. The van der Waals surface area contributed by atoms with E-state index in [0.717, 1.165) is 19.3 Å². The summed E-state index contributed by atoms with van der Waals surface area (Å²) >= 11 is 0. The van der Waals surface area contributed by atoms with E-state index in [4.69, 9.17) is 5.26 Å². The van der Waals surface area contributed by atoms with Crippen LogP contribution in [0.1, 0.15) is 53.4 Å². The van der Waals surface area contributed by atoms with E-state index in [-0.39, 0.29) is 5.41 Å². The average molecular weight is 221 g/mol. The lowest BCUT2D eigenvalue weighted by atomic mass is 9.67. The molecule has 0 aliphatic heterocycles. The van der Waals surface area contributed by atoms with Crippen molar-refractivity contribution in [2.24, 2.45) is 23.2 Å². The molecule has 1 aliphatic carbocycles. The van der Waals surface area contributed by atoms with Gasteiger partial charge in [-0.3, -0.25) is 4.79 Å². The lowest BCUT2D eigenvalue weighted by Gasteiger charge is -2.36. The topological polar surface area (TPSA) is 40.9 Å². The number of ketones is 1. The smallest absolute Gasteiger partial charge is 0.133 e. The second-order valence-electron chi connectivity index (χ2n) is 6.15. The van der Waals surface area contributed by atoms with E-state index < -0.39 is 0 Å². The van der Waals surface area contributed by atoms with Gasteiger partial charge in [-0.2, -0.15) is 5.26 Å². The molecule has 90 valence electrons. The summed E-state index contributed by atoms with van der Waals surface area (Å²) in [5, 5.41) is 9.08. The molecule has 0 aromatic heterocycles. The summed E-state index contributed by atoms with van der Waals surface area (Å²) in [6.45, 7) is 8.41. The first-order chi connectivity index (χ1) is 7.35. The van der Waals surface area contributed by atoms with Crippen LogP contribution in [-0.2, 0) is 4.79 Å². The summed E-state index contributed by atoms with van der Waals surface area (Å²) in [4.78, 5) is 11.5. The van der Waals surface area contributed by atoms with Gasteiger partial charge in [0.05, 0.1) is 11.5 Å². The summed E-state index contributed by atoms with van der Waals surface area (Å²) in [5.74, 6) is 2.03. The quantitative estimate of drug-likeness (QED) is 0.731. The van der Waals surface area contributed by atoms with Gasteiger partial charge in [0.25, 0.3) is 0 Å². The highest BCUT2D eigenvalue weighted by Crippen LogP contribution is 2.40. The SMILES string of the molecule is CC(C)C1CCC(=O)CC1CC(C)(C)C#N. The van der Waals surface area contributed by atoms with Crippen LogP contribution in [0.5, 0.6) is 0 Å². The number of hydrogen-bond acceptors (Lipinski definition) is 2. The molecule has 0 N–H and O–H groups in total. The van der Waals surface area contributed by atoms with E-state index >= 15 is 0 Å². The number of carbonyl (C=O) groups is 1. The minimum absolute atomic E-state index is 0.296. The molecule has 1 rings (SSSR count). The summed E-state index contributed by atoms with van der Waals surface area (Å²) in [6, 6.07) is 2.35. The van der Waals surface area contributed by atoms with Crippen molar-refractivity contribution in [3.63, 3.8) is 0 Å². The number of carbonyl (C=O) groups excluding carboxylic acids is 1. The standard InChI is InChI=1S/C14H23NO/c1-10(2)13-6-5-12(16)7-11(13)8-14(3,4)9-15/h10-11,13H,5-8H2,1-4H3. The number of hydrogen-bond donors (Lipinski definition) is 0. The van der Waals surface area contributed by atoms with Crippen molar-refractivity contribution in [2.45, 2.75) is 53.4 Å². The molecule has 0 radical (unpaired) electrons. The summed E-state index contributed by atoms with van der Waals surface area (Å²) in [7, 11) is 0. The molecule has 1 aliphatic rings. The van der Waals surface area contributed by atoms with Gasteiger partial charge in [-0.25, -0.2) is 0 Å². The first kappa shape index (κ1) is 13.2. The highest BCUT2D eigenvalue weighted by atomic mass is 16.1. The van der Waals surface area contributed by atoms with Crippen molar-refractivity contribution < 1.29 is 4.79 Å². The van der Waals surface area contributed by atoms with Crippen molar-refractivity contribution in [1.29, 1.82) is 5.26 Å². The Hall–Kier alpha value is -0.840. The molecule has 0 saturated heterocycles. The first-order valence-electron chi connectivity index (χ1n) is 6.28. The molecule has 2 nitrogen and oxygen atoms in total. The Morgan fingerprint density at radius 2 is 2.12 bits per heavy atom. The largest absolute Gasteiger partial charge is 0.300 e. The lowest BCUT2D eigenvalue weighted by molar-refractivity contribution is -0.123. The Balaban J connectivity index is 2.73. The average Bonchev–Trinajstić information content (AvgIpc) is 2.16. The van der Waals surface area contributed by atoms with Crippen LogP contribution in [-0.4, -0.2) is 5.78 Å². The molecule has 2 atom stereocenters. The van der Waals surface area contributed by atoms with Gasteiger partial charge in [0.2, 0.25) is 0 Å². The summed E-state index contributed by atoms with van der Waals surface area (Å²) in [6.07, 6.45) is 3.31. The molecule has 0 aromatic rings. The molecular weight excluding hydrogens is 198 g/mol. The molecule has 1 fully saturated rings. The van der Waals surface area contributed by atoms with Gasteiger partial charge in [0, 0.05) is 12.8 Å². The fourth-order valence-electron chi connectivity index (χ4n) is 2.91. The van der Waals surface area contributed by atoms with E-state index in [1.54, 1.807) is 0 Å². The van der Waals surface area contributed by atoms with Gasteiger partial charge in [-0.1, -0.05) is 13.8 Å². The number of rotatable bonds is 3. The normalized spacial score (nSPS) is 26.9. The monoisotopic (exact) mass is 221 g/mol. The molecule has 0 aromatic carbocycles. The highest BCUT2D eigenvalue weighted by molar-refractivity contribution is 5.79. The van der Waals surface area contributed by atoms with Crippen LogP contribution < -0.4 is 0 Å². The van der Waals surface area contributed by atoms with E-state index in [1.165, 1.54) is 0 Å². The molecule has 0 amide bonds. The second-order valence-corrected chi connectivity index (χ2v) is 6.15. The van der Waals surface area contributed by atoms with E-state index in [2.05, 4.69) is 19.9 Å². The molecule has 2 unspecified atom stereocenters. The zero-order valence-corrected chi connectivity index (χ0v) is 10.9. The summed E-state index contributed by atoms with van der Waals surface area (Å²) < 4.78 is 0. The van der Waals surface area contributed by atoms with Crippen LogP contribution in [0, 0.1) is 34.5 Å². The molecule has 0 bridgehead atoms. The van der Waals surface area contributed by atoms with Crippen molar-refractivity contribution in [1.82, 2.24) is 0 Å². The third-order valence-corrected chi connectivity index (χ3v) is 3.78. The minimum Gasteiger partial charge on any atom is -0.300 e. The maximum Gasteiger partial charge on any atom is 0.133 e. The number of nitriles is 1. The number of nitrogens with zero attached hydrogens (tertiary/aromatic N) is 1. The molecular formula is C14H23NO. The van der Waals surface area contributed by atoms with Crippen LogP contribution >= 0.6 is 0 Å². The van der Waals surface area contributed by atoms with Crippen LogP contribution in [0.15, 0.2) is 0 Å². The molecule has 0 spiro atoms. The van der Waals surface area contributed by atoms with Gasteiger partial charge < -0.3 is 0 Å². The zero-order valence-electron chi connectivity index (χ0n) is 10.9. The zero-order chi connectivity index (χ0) is 12.3. The molecule has 16 heavy (non-hydrogen) atoms. The van der Waals surface area contributed by atoms with E-state index in [9.17, 15) is 4.79 Å². The molecule has 2 heteroatoms. The van der Waals surface area contributed by atoms with Crippen LogP contribution in [0.3, 0.4) is 0 Å². The predicted octanol–water partition coefficient (Wildman–Crippen LogP) is 3.57. The Kier molecular flexibility index (Phi) is 4.13. The van der Waals surface area contributed by atoms with Crippen molar-refractivity contribution in [3.8, 4) is 6.07 Å². The predicted molar refractivity (Wildman–Crippen MR) is 64.7 cm³/mol. The van der Waals surface area contributed by atoms with Crippen molar-refractivity contribution in [2.75, 3.05) is 0 Å². The second kappa shape index (κ2) is 4.99. The van der Waals surface area contributed by atoms with Gasteiger partial charge in [-0.15, -0.1) is 0 Å². The van der Waals surface area contributed by atoms with Crippen LogP contribution in [0.25, 0.3) is 0 Å². The third kappa shape index (κ3) is 3.33. The first-order valence-corrected chi connectivity index (χ1v) is 6.28. The fourth-order valence-corrected chi connectivity index (χ4v) is 2.91. The Labute approximate surface area is 99.0 Å². The van der Waals surface area contributed by atoms with Crippen molar-refractivity contribution in [3.05, 3.63) is 0 Å². The van der Waals surface area contributed by atoms with Gasteiger partial charge in [0.1, 0.15) is 5.78 Å². The van der Waals surface area contributed by atoms with Gasteiger partial charge in [-0.05, 0) is 44.4 Å². The van der Waals surface area contributed by atoms with Crippen molar-refractivity contribution >= 4 is 5.78 Å². The Morgan fingerprint density at radius 3 is 2.62 bits per heavy atom. The fraction of sp³-hybridized carbons (Fsp3) is 0.857. The maximum atomic E-state index is 11.5. The summed E-state index contributed by atoms with van der Waals surface area (Å²) in [5.41, 5.74) is -0.296. The third-order valence-electron chi connectivity index (χ3n) is 3.78. The highest BCUT2D eigenvalue weighted by Gasteiger charge is 2.35. The molecule has 0 heterocycles. The van der Waals surface area contributed by atoms with E-state index in [0.29, 0.717) is 30.0 Å². The minimum atomic E-state index is -0.296. The van der Waals surface area contributed by atoms with Gasteiger partial charge in [0.15, 0.2) is 0 Å². The Morgan fingerprint density at radius 1 is 1.50 bits per heavy atom. The van der Waals surface area contributed by atoms with Gasteiger partial charge >= 0.3 is 0 Å². The van der Waals surface area contributed by atoms with Crippen LogP contribution in [0.4, 0.5) is 0 Å². The van der Waals surface area contributed by atoms with E-state index in [1.807, 2.05) is 13.8 Å². The maximum absolute atomic E-state index is 11.5. The Bertz CT molecular complexity index is 298. The molecule has 1 saturated carbocycles. The lowest BCUT2D eigenvalue weighted by Crippen LogP contribution is -2.31. The van der Waals surface area contributed by atoms with Crippen LogP contribution in [0.2, 0.25) is 0 Å².